The van der Waals surface area contributed by atoms with Crippen molar-refractivity contribution in [3.8, 4) is 0 Å². The zero-order valence-corrected chi connectivity index (χ0v) is 15.1. The van der Waals surface area contributed by atoms with E-state index in [1.54, 1.807) is 0 Å². The maximum atomic E-state index is 13.0. The normalized spacial score (nSPS) is 30.1. The van der Waals surface area contributed by atoms with E-state index in [1.165, 1.54) is 55.5 Å². The van der Waals surface area contributed by atoms with Crippen LogP contribution in [-0.2, 0) is 4.79 Å². The van der Waals surface area contributed by atoms with Crippen molar-refractivity contribution in [2.45, 2.75) is 57.9 Å². The van der Waals surface area contributed by atoms with Gasteiger partial charge in [-0.3, -0.25) is 4.79 Å². The minimum Gasteiger partial charge on any atom is -0.338 e. The third kappa shape index (κ3) is 3.11. The van der Waals surface area contributed by atoms with Gasteiger partial charge >= 0.3 is 0 Å². The molecule has 1 aromatic rings. The summed E-state index contributed by atoms with van der Waals surface area (Å²) in [6, 6.07) is 7.19. The summed E-state index contributed by atoms with van der Waals surface area (Å²) in [5.74, 6) is 1.14. The van der Waals surface area contributed by atoms with Crippen LogP contribution in [0.25, 0.3) is 0 Å². The first-order valence-electron chi connectivity index (χ1n) is 9.73. The van der Waals surface area contributed by atoms with E-state index in [9.17, 15) is 4.79 Å². The van der Waals surface area contributed by atoms with Crippen LogP contribution in [0.4, 0.5) is 0 Å². The summed E-state index contributed by atoms with van der Waals surface area (Å²) in [5, 5.41) is 0. The average molecular weight is 326 g/mol. The second-order valence-corrected chi connectivity index (χ2v) is 8.13. The second kappa shape index (κ2) is 6.51. The zero-order chi connectivity index (χ0) is 16.7. The second-order valence-electron chi connectivity index (χ2n) is 8.13. The number of nitrogens with zero attached hydrogens (tertiary/aromatic N) is 2. The molecule has 1 unspecified atom stereocenters. The number of carbonyl (C=O) groups is 1. The van der Waals surface area contributed by atoms with Crippen LogP contribution in [0.1, 0.15) is 54.7 Å². The molecule has 130 valence electrons. The monoisotopic (exact) mass is 326 g/mol. The van der Waals surface area contributed by atoms with Crippen LogP contribution in [-0.4, -0.2) is 47.9 Å². The van der Waals surface area contributed by atoms with E-state index in [2.05, 4.69) is 41.8 Å². The highest BCUT2D eigenvalue weighted by Crippen LogP contribution is 2.49. The fourth-order valence-electron chi connectivity index (χ4n) is 4.62. The van der Waals surface area contributed by atoms with Crippen LogP contribution in [0.15, 0.2) is 18.2 Å². The van der Waals surface area contributed by atoms with Gasteiger partial charge in [0.2, 0.25) is 5.91 Å². The van der Waals surface area contributed by atoms with Gasteiger partial charge in [0.15, 0.2) is 0 Å². The fraction of sp³-hybridized carbons (Fsp3) is 0.667. The molecule has 2 saturated heterocycles. The number of aryl methyl sites for hydroxylation is 2. The molecule has 1 amide bonds. The Bertz CT molecular complexity index is 620. The van der Waals surface area contributed by atoms with E-state index in [0.29, 0.717) is 17.9 Å². The van der Waals surface area contributed by atoms with E-state index in [4.69, 9.17) is 0 Å². The first kappa shape index (κ1) is 16.1. The van der Waals surface area contributed by atoms with Gasteiger partial charge in [0, 0.05) is 25.0 Å². The van der Waals surface area contributed by atoms with Gasteiger partial charge in [-0.15, -0.1) is 0 Å². The quantitative estimate of drug-likeness (QED) is 0.845. The van der Waals surface area contributed by atoms with Crippen molar-refractivity contribution in [2.75, 3.05) is 26.2 Å². The summed E-state index contributed by atoms with van der Waals surface area (Å²) in [5.41, 5.74) is 4.05. The van der Waals surface area contributed by atoms with Crippen LogP contribution in [0.5, 0.6) is 0 Å². The molecule has 0 aromatic heterocycles. The van der Waals surface area contributed by atoms with E-state index in [-0.39, 0.29) is 5.92 Å². The van der Waals surface area contributed by atoms with Gasteiger partial charge < -0.3 is 9.80 Å². The molecular formula is C21H30N2O. The summed E-state index contributed by atoms with van der Waals surface area (Å²) >= 11 is 0. The Morgan fingerprint density at radius 2 is 1.88 bits per heavy atom. The molecule has 3 fully saturated rings. The molecule has 0 bridgehead atoms. The molecule has 3 atom stereocenters. The van der Waals surface area contributed by atoms with Gasteiger partial charge in [-0.2, -0.15) is 0 Å². The molecule has 24 heavy (non-hydrogen) atoms. The maximum absolute atomic E-state index is 13.0. The van der Waals surface area contributed by atoms with Crippen molar-refractivity contribution in [1.82, 2.24) is 9.80 Å². The zero-order valence-electron chi connectivity index (χ0n) is 15.1. The topological polar surface area (TPSA) is 23.6 Å². The largest absolute Gasteiger partial charge is 0.338 e. The van der Waals surface area contributed by atoms with Gasteiger partial charge in [0.1, 0.15) is 0 Å². The predicted octanol–water partition coefficient (Wildman–Crippen LogP) is 3.49. The number of hydrogen-bond acceptors (Lipinski definition) is 2. The first-order valence-corrected chi connectivity index (χ1v) is 9.73. The average Bonchev–Trinajstić information content (AvgIpc) is 2.97. The van der Waals surface area contributed by atoms with Gasteiger partial charge in [0.05, 0.1) is 0 Å². The lowest BCUT2D eigenvalue weighted by molar-refractivity contribution is -0.133. The Hall–Kier alpha value is -1.35. The molecule has 1 saturated carbocycles. The predicted molar refractivity (Wildman–Crippen MR) is 97.2 cm³/mol. The molecule has 3 aliphatic rings. The summed E-state index contributed by atoms with van der Waals surface area (Å²) in [4.78, 5) is 17.8. The van der Waals surface area contributed by atoms with Gasteiger partial charge in [-0.1, -0.05) is 18.2 Å². The molecule has 3 heteroatoms. The van der Waals surface area contributed by atoms with Crippen LogP contribution < -0.4 is 0 Å². The first-order chi connectivity index (χ1) is 11.6. The fourth-order valence-corrected chi connectivity index (χ4v) is 4.62. The third-order valence-electron chi connectivity index (χ3n) is 6.39. The standard InChI is InChI=1S/C21H30N2O/c1-15-7-8-17(12-16(15)2)19-13-20(19)21(24)23-11-5-6-18(23)14-22-9-3-4-10-22/h7-8,12,18-20H,3-6,9-11,13-14H2,1-2H3/t18?,19-,20+/m0/s1. The van der Waals surface area contributed by atoms with Gasteiger partial charge in [-0.05, 0) is 81.6 Å². The highest BCUT2D eigenvalue weighted by atomic mass is 16.2. The molecular weight excluding hydrogens is 296 g/mol. The minimum absolute atomic E-state index is 0.242. The summed E-state index contributed by atoms with van der Waals surface area (Å²) in [6.45, 7) is 8.87. The lowest BCUT2D eigenvalue weighted by atomic mass is 10.0. The summed E-state index contributed by atoms with van der Waals surface area (Å²) in [6.07, 6.45) is 6.10. The van der Waals surface area contributed by atoms with Crippen molar-refractivity contribution < 1.29 is 4.79 Å². The molecule has 3 nitrogen and oxygen atoms in total. The number of hydrogen-bond donors (Lipinski definition) is 0. The minimum atomic E-state index is 0.242. The lowest BCUT2D eigenvalue weighted by Gasteiger charge is -2.28. The molecule has 0 N–H and O–H groups in total. The lowest BCUT2D eigenvalue weighted by Crippen LogP contribution is -2.43. The Kier molecular flexibility index (Phi) is 4.38. The Labute approximate surface area is 146 Å². The Morgan fingerprint density at radius 3 is 2.62 bits per heavy atom. The number of carbonyl (C=O) groups excluding carboxylic acids is 1. The Balaban J connectivity index is 1.39. The number of rotatable bonds is 4. The smallest absolute Gasteiger partial charge is 0.226 e. The van der Waals surface area contributed by atoms with Crippen LogP contribution in [0, 0.1) is 19.8 Å². The van der Waals surface area contributed by atoms with Crippen molar-refractivity contribution in [3.05, 3.63) is 34.9 Å². The molecule has 0 spiro atoms. The number of likely N-dealkylation sites (tertiary alicyclic amines) is 2. The highest BCUT2D eigenvalue weighted by molar-refractivity contribution is 5.83. The van der Waals surface area contributed by atoms with Crippen molar-refractivity contribution in [1.29, 1.82) is 0 Å². The number of amides is 1. The van der Waals surface area contributed by atoms with Gasteiger partial charge in [-0.25, -0.2) is 0 Å². The molecule has 2 aliphatic heterocycles. The van der Waals surface area contributed by atoms with E-state index in [1.807, 2.05) is 0 Å². The van der Waals surface area contributed by atoms with E-state index < -0.39 is 0 Å². The third-order valence-corrected chi connectivity index (χ3v) is 6.39. The molecule has 2 heterocycles. The van der Waals surface area contributed by atoms with E-state index in [0.717, 1.165) is 19.5 Å². The van der Waals surface area contributed by atoms with Crippen molar-refractivity contribution in [2.24, 2.45) is 5.92 Å². The van der Waals surface area contributed by atoms with E-state index >= 15 is 0 Å². The maximum Gasteiger partial charge on any atom is 0.226 e. The number of benzene rings is 1. The molecule has 1 aliphatic carbocycles. The van der Waals surface area contributed by atoms with Crippen LogP contribution in [0.2, 0.25) is 0 Å². The SMILES string of the molecule is Cc1ccc([C@@H]2C[C@H]2C(=O)N2CCCC2CN2CCCC2)cc1C. The van der Waals surface area contributed by atoms with Crippen LogP contribution >= 0.6 is 0 Å². The van der Waals surface area contributed by atoms with Gasteiger partial charge in [0.25, 0.3) is 0 Å². The van der Waals surface area contributed by atoms with Crippen LogP contribution in [0.3, 0.4) is 0 Å². The highest BCUT2D eigenvalue weighted by Gasteiger charge is 2.47. The van der Waals surface area contributed by atoms with Crippen molar-refractivity contribution >= 4 is 5.91 Å². The molecule has 1 aromatic carbocycles. The summed E-state index contributed by atoms with van der Waals surface area (Å²) in [7, 11) is 0. The molecule has 0 radical (unpaired) electrons. The van der Waals surface area contributed by atoms with Crippen molar-refractivity contribution in [3.63, 3.8) is 0 Å². The molecule has 4 rings (SSSR count). The summed E-state index contributed by atoms with van der Waals surface area (Å²) < 4.78 is 0. The Morgan fingerprint density at radius 1 is 1.08 bits per heavy atom.